The normalized spacial score (nSPS) is 23.2. The maximum absolute atomic E-state index is 12.7. The second-order valence-corrected chi connectivity index (χ2v) is 8.47. The lowest BCUT2D eigenvalue weighted by Crippen LogP contribution is -2.43. The van der Waals surface area contributed by atoms with Gasteiger partial charge >= 0.3 is 0 Å². The molecule has 1 spiro atoms. The van der Waals surface area contributed by atoms with Crippen LogP contribution in [0.2, 0.25) is 0 Å². The highest BCUT2D eigenvalue weighted by molar-refractivity contribution is 7.89. The Kier molecular flexibility index (Phi) is 3.97. The SMILES string of the molecule is Nc1ccc(S(=O)(=O)N2CCC3(CCCCC3)CC2)cc1. The Balaban J connectivity index is 1.72. The van der Waals surface area contributed by atoms with Crippen LogP contribution in [-0.4, -0.2) is 25.8 Å². The van der Waals surface area contributed by atoms with Crippen molar-refractivity contribution in [1.82, 2.24) is 4.31 Å². The quantitative estimate of drug-likeness (QED) is 0.854. The Morgan fingerprint density at radius 3 is 2.05 bits per heavy atom. The van der Waals surface area contributed by atoms with Crippen LogP contribution in [0, 0.1) is 5.41 Å². The van der Waals surface area contributed by atoms with Gasteiger partial charge in [-0.3, -0.25) is 0 Å². The van der Waals surface area contributed by atoms with Crippen molar-refractivity contribution in [2.45, 2.75) is 49.8 Å². The van der Waals surface area contributed by atoms with Crippen LogP contribution in [0.3, 0.4) is 0 Å². The van der Waals surface area contributed by atoms with Crippen molar-refractivity contribution >= 4 is 15.7 Å². The second-order valence-electron chi connectivity index (χ2n) is 6.53. The van der Waals surface area contributed by atoms with Gasteiger partial charge in [0.25, 0.3) is 0 Å². The molecule has 1 aromatic carbocycles. The van der Waals surface area contributed by atoms with E-state index in [0.29, 0.717) is 29.1 Å². The molecule has 2 N–H and O–H groups in total. The summed E-state index contributed by atoms with van der Waals surface area (Å²) in [7, 11) is -3.36. The molecule has 0 amide bonds. The summed E-state index contributed by atoms with van der Waals surface area (Å²) in [5, 5.41) is 0. The maximum atomic E-state index is 12.7. The van der Waals surface area contributed by atoms with Gasteiger partial charge in [-0.1, -0.05) is 19.3 Å². The zero-order valence-corrected chi connectivity index (χ0v) is 13.2. The van der Waals surface area contributed by atoms with Crippen molar-refractivity contribution in [3.05, 3.63) is 24.3 Å². The van der Waals surface area contributed by atoms with E-state index in [0.717, 1.165) is 12.8 Å². The van der Waals surface area contributed by atoms with Crippen LogP contribution in [-0.2, 0) is 10.0 Å². The molecule has 0 unspecified atom stereocenters. The molecule has 1 saturated carbocycles. The maximum Gasteiger partial charge on any atom is 0.243 e. The number of nitrogen functional groups attached to an aromatic ring is 1. The Labute approximate surface area is 127 Å². The van der Waals surface area contributed by atoms with E-state index in [1.165, 1.54) is 32.1 Å². The smallest absolute Gasteiger partial charge is 0.243 e. The van der Waals surface area contributed by atoms with Crippen molar-refractivity contribution in [3.63, 3.8) is 0 Å². The van der Waals surface area contributed by atoms with Crippen molar-refractivity contribution < 1.29 is 8.42 Å². The number of piperidine rings is 1. The summed E-state index contributed by atoms with van der Waals surface area (Å²) < 4.78 is 27.0. The van der Waals surface area contributed by atoms with Gasteiger partial charge in [0.2, 0.25) is 10.0 Å². The molecule has 4 nitrogen and oxygen atoms in total. The Hall–Kier alpha value is -1.07. The summed E-state index contributed by atoms with van der Waals surface area (Å²) >= 11 is 0. The molecular formula is C16H24N2O2S. The van der Waals surface area contributed by atoms with E-state index >= 15 is 0 Å². The number of benzene rings is 1. The zero-order valence-electron chi connectivity index (χ0n) is 12.4. The van der Waals surface area contributed by atoms with Crippen LogP contribution >= 0.6 is 0 Å². The molecular weight excluding hydrogens is 284 g/mol. The molecule has 0 atom stereocenters. The standard InChI is InChI=1S/C16H24N2O2S/c17-14-4-6-15(7-5-14)21(19,20)18-12-10-16(11-13-18)8-2-1-3-9-16/h4-7H,1-3,8-13,17H2. The van der Waals surface area contributed by atoms with E-state index in [1.54, 1.807) is 28.6 Å². The molecule has 1 aliphatic heterocycles. The molecule has 2 fully saturated rings. The van der Waals surface area contributed by atoms with Gasteiger partial charge in [-0.2, -0.15) is 4.31 Å². The largest absolute Gasteiger partial charge is 0.399 e. The summed E-state index contributed by atoms with van der Waals surface area (Å²) in [6.45, 7) is 1.32. The molecule has 0 radical (unpaired) electrons. The molecule has 5 heteroatoms. The first-order chi connectivity index (χ1) is 10.0. The second kappa shape index (κ2) is 5.61. The van der Waals surface area contributed by atoms with Crippen LogP contribution in [0.1, 0.15) is 44.9 Å². The number of sulfonamides is 1. The van der Waals surface area contributed by atoms with Crippen molar-refractivity contribution in [3.8, 4) is 0 Å². The third kappa shape index (κ3) is 2.94. The van der Waals surface area contributed by atoms with Gasteiger partial charge in [0, 0.05) is 18.8 Å². The van der Waals surface area contributed by atoms with E-state index in [4.69, 9.17) is 5.73 Å². The summed E-state index contributed by atoms with van der Waals surface area (Å²) in [4.78, 5) is 0.358. The molecule has 3 rings (SSSR count). The Bertz CT molecular complexity index is 579. The average Bonchev–Trinajstić information content (AvgIpc) is 2.49. The van der Waals surface area contributed by atoms with Crippen molar-refractivity contribution in [2.75, 3.05) is 18.8 Å². The molecule has 0 aromatic heterocycles. The molecule has 1 aromatic rings. The van der Waals surface area contributed by atoms with E-state index in [1.807, 2.05) is 0 Å². The van der Waals surface area contributed by atoms with Gasteiger partial charge in [-0.15, -0.1) is 0 Å². The van der Waals surface area contributed by atoms with E-state index in [2.05, 4.69) is 0 Å². The van der Waals surface area contributed by atoms with Crippen LogP contribution in [0.15, 0.2) is 29.2 Å². The number of anilines is 1. The van der Waals surface area contributed by atoms with Crippen LogP contribution in [0.5, 0.6) is 0 Å². The summed E-state index contributed by atoms with van der Waals surface area (Å²) in [5.41, 5.74) is 6.65. The zero-order chi connectivity index (χ0) is 14.9. The first kappa shape index (κ1) is 14.9. The number of hydrogen-bond donors (Lipinski definition) is 1. The molecule has 0 bridgehead atoms. The Morgan fingerprint density at radius 1 is 0.905 bits per heavy atom. The van der Waals surface area contributed by atoms with Gasteiger partial charge in [0.1, 0.15) is 0 Å². The van der Waals surface area contributed by atoms with Crippen LogP contribution < -0.4 is 5.73 Å². The van der Waals surface area contributed by atoms with E-state index in [9.17, 15) is 8.42 Å². The van der Waals surface area contributed by atoms with Gasteiger partial charge < -0.3 is 5.73 Å². The molecule has 1 saturated heterocycles. The predicted octanol–water partition coefficient (Wildman–Crippen LogP) is 3.00. The topological polar surface area (TPSA) is 63.4 Å². The van der Waals surface area contributed by atoms with Crippen LogP contribution in [0.25, 0.3) is 0 Å². The molecule has 2 aliphatic rings. The fourth-order valence-corrected chi connectivity index (χ4v) is 5.23. The number of nitrogens with zero attached hydrogens (tertiary/aromatic N) is 1. The predicted molar refractivity (Wildman–Crippen MR) is 84.4 cm³/mol. The lowest BCUT2D eigenvalue weighted by Gasteiger charge is -2.43. The molecule has 1 heterocycles. The van der Waals surface area contributed by atoms with Crippen molar-refractivity contribution in [2.24, 2.45) is 5.41 Å². The highest BCUT2D eigenvalue weighted by atomic mass is 32.2. The minimum absolute atomic E-state index is 0.358. The van der Waals surface area contributed by atoms with E-state index in [-0.39, 0.29) is 0 Å². The highest BCUT2D eigenvalue weighted by Gasteiger charge is 2.38. The summed E-state index contributed by atoms with van der Waals surface area (Å²) in [6.07, 6.45) is 8.55. The van der Waals surface area contributed by atoms with Gasteiger partial charge in [0.15, 0.2) is 0 Å². The highest BCUT2D eigenvalue weighted by Crippen LogP contribution is 2.45. The minimum atomic E-state index is -3.36. The summed E-state index contributed by atoms with van der Waals surface area (Å²) in [6, 6.07) is 6.52. The third-order valence-corrected chi connectivity index (χ3v) is 7.13. The van der Waals surface area contributed by atoms with Gasteiger partial charge in [-0.05, 0) is 55.4 Å². The third-order valence-electron chi connectivity index (χ3n) is 5.22. The van der Waals surface area contributed by atoms with Crippen molar-refractivity contribution in [1.29, 1.82) is 0 Å². The summed E-state index contributed by atoms with van der Waals surface area (Å²) in [5.74, 6) is 0. The minimum Gasteiger partial charge on any atom is -0.399 e. The molecule has 116 valence electrons. The first-order valence-corrected chi connectivity index (χ1v) is 9.32. The Morgan fingerprint density at radius 2 is 1.48 bits per heavy atom. The fraction of sp³-hybridized carbons (Fsp3) is 0.625. The van der Waals surface area contributed by atoms with Crippen LogP contribution in [0.4, 0.5) is 5.69 Å². The molecule has 21 heavy (non-hydrogen) atoms. The van der Waals surface area contributed by atoms with Gasteiger partial charge in [-0.25, -0.2) is 8.42 Å². The first-order valence-electron chi connectivity index (χ1n) is 7.88. The number of nitrogens with two attached hydrogens (primary N) is 1. The fourth-order valence-electron chi connectivity index (χ4n) is 3.79. The van der Waals surface area contributed by atoms with Gasteiger partial charge in [0.05, 0.1) is 4.90 Å². The molecule has 1 aliphatic carbocycles. The monoisotopic (exact) mass is 308 g/mol. The lowest BCUT2D eigenvalue weighted by molar-refractivity contribution is 0.102. The van der Waals surface area contributed by atoms with E-state index < -0.39 is 10.0 Å². The number of rotatable bonds is 2. The average molecular weight is 308 g/mol. The lowest BCUT2D eigenvalue weighted by atomic mass is 9.68. The number of hydrogen-bond acceptors (Lipinski definition) is 3.